The molecule has 1 amide bonds. The number of carbonyl (C=O) groups excluding carboxylic acids is 1. The predicted octanol–water partition coefficient (Wildman–Crippen LogP) is 3.77. The molecule has 1 fully saturated rings. The van der Waals surface area contributed by atoms with Crippen molar-refractivity contribution in [3.63, 3.8) is 0 Å². The van der Waals surface area contributed by atoms with Gasteiger partial charge in [-0.05, 0) is 79.0 Å². The fourth-order valence-corrected chi connectivity index (χ4v) is 2.78. The summed E-state index contributed by atoms with van der Waals surface area (Å²) in [7, 11) is 0. The van der Waals surface area contributed by atoms with E-state index in [1.807, 2.05) is 31.2 Å². The second-order valence-electron chi connectivity index (χ2n) is 5.60. The van der Waals surface area contributed by atoms with Gasteiger partial charge in [-0.15, -0.1) is 0 Å². The molecule has 0 aromatic heterocycles. The number of rotatable bonds is 4. The predicted molar refractivity (Wildman–Crippen MR) is 95.5 cm³/mol. The van der Waals surface area contributed by atoms with Gasteiger partial charge in [0.05, 0.1) is 0 Å². The van der Waals surface area contributed by atoms with Crippen LogP contribution in [-0.2, 0) is 4.79 Å². The van der Waals surface area contributed by atoms with Gasteiger partial charge in [-0.25, -0.2) is 5.43 Å². The average Bonchev–Trinajstić information content (AvgIpc) is 2.48. The lowest BCUT2D eigenvalue weighted by Gasteiger charge is -2.20. The Morgan fingerprint density at radius 1 is 1.33 bits per heavy atom. The van der Waals surface area contributed by atoms with Gasteiger partial charge in [0.15, 0.2) is 0 Å². The molecule has 1 aliphatic rings. The Morgan fingerprint density at radius 3 is 2.71 bits per heavy atom. The molecule has 2 N–H and O–H groups in total. The Bertz CT molecular complexity index is 513. The van der Waals surface area contributed by atoms with Crippen molar-refractivity contribution in [2.24, 2.45) is 11.0 Å². The van der Waals surface area contributed by atoms with Crippen LogP contribution in [0.4, 0.5) is 5.69 Å². The molecule has 2 rings (SSSR count). The zero-order valence-electron chi connectivity index (χ0n) is 12.5. The molecular formula is C16H22IN3O. The minimum Gasteiger partial charge on any atom is -0.374 e. The summed E-state index contributed by atoms with van der Waals surface area (Å²) in [6.45, 7) is 4.02. The van der Waals surface area contributed by atoms with Crippen LogP contribution >= 0.6 is 22.6 Å². The van der Waals surface area contributed by atoms with Crippen molar-refractivity contribution in [2.75, 3.05) is 5.32 Å². The maximum absolute atomic E-state index is 12.1. The molecule has 0 bridgehead atoms. The highest BCUT2D eigenvalue weighted by Gasteiger charge is 2.17. The lowest BCUT2D eigenvalue weighted by atomic mass is 9.89. The maximum atomic E-state index is 12.1. The molecule has 4 nitrogen and oxygen atoms in total. The number of hydrazone groups is 1. The average molecular weight is 399 g/mol. The highest BCUT2D eigenvalue weighted by atomic mass is 127. The third-order valence-electron chi connectivity index (χ3n) is 3.82. The molecular weight excluding hydrogens is 377 g/mol. The third kappa shape index (κ3) is 4.98. The molecule has 1 saturated carbocycles. The van der Waals surface area contributed by atoms with Gasteiger partial charge in [0.2, 0.25) is 0 Å². The molecule has 2 unspecified atom stereocenters. The lowest BCUT2D eigenvalue weighted by Crippen LogP contribution is -2.36. The number of nitrogens with one attached hydrogen (secondary N) is 2. The second kappa shape index (κ2) is 7.77. The monoisotopic (exact) mass is 399 g/mol. The van der Waals surface area contributed by atoms with Gasteiger partial charge in [0.25, 0.3) is 5.91 Å². The maximum Gasteiger partial charge on any atom is 0.262 e. The summed E-state index contributed by atoms with van der Waals surface area (Å²) >= 11 is 2.26. The number of hydrogen-bond acceptors (Lipinski definition) is 3. The number of hydrogen-bond donors (Lipinski definition) is 2. The quantitative estimate of drug-likeness (QED) is 0.598. The first-order valence-corrected chi connectivity index (χ1v) is 8.52. The highest BCUT2D eigenvalue weighted by Crippen LogP contribution is 2.20. The van der Waals surface area contributed by atoms with Crippen molar-refractivity contribution in [1.82, 2.24) is 5.43 Å². The largest absolute Gasteiger partial charge is 0.374 e. The van der Waals surface area contributed by atoms with E-state index >= 15 is 0 Å². The van der Waals surface area contributed by atoms with Crippen molar-refractivity contribution in [3.8, 4) is 0 Å². The standard InChI is InChI=1S/C16H22IN3O/c1-11-5-3-4-6-15(11)19-20-16(21)12(2)18-14-9-7-13(17)8-10-14/h7-12,18H,3-6H2,1-2H3,(H,20,21)/b19-15-. The first-order chi connectivity index (χ1) is 10.1. The molecule has 0 aliphatic heterocycles. The van der Waals surface area contributed by atoms with Crippen molar-refractivity contribution >= 4 is 39.9 Å². The Hall–Kier alpha value is -1.11. The molecule has 1 aliphatic carbocycles. The number of amides is 1. The number of anilines is 1. The van der Waals surface area contributed by atoms with Gasteiger partial charge in [0.1, 0.15) is 6.04 Å². The summed E-state index contributed by atoms with van der Waals surface area (Å²) in [4.78, 5) is 12.1. The van der Waals surface area contributed by atoms with E-state index in [9.17, 15) is 4.79 Å². The molecule has 0 radical (unpaired) electrons. The molecule has 114 valence electrons. The first-order valence-electron chi connectivity index (χ1n) is 7.44. The fourth-order valence-electron chi connectivity index (χ4n) is 2.42. The summed E-state index contributed by atoms with van der Waals surface area (Å²) in [5.41, 5.74) is 4.76. The van der Waals surface area contributed by atoms with Gasteiger partial charge in [-0.1, -0.05) is 13.3 Å². The van der Waals surface area contributed by atoms with Crippen LogP contribution in [0.1, 0.15) is 39.5 Å². The van der Waals surface area contributed by atoms with Gasteiger partial charge in [0, 0.05) is 15.0 Å². The van der Waals surface area contributed by atoms with Crippen molar-refractivity contribution in [1.29, 1.82) is 0 Å². The van der Waals surface area contributed by atoms with Gasteiger partial charge in [-0.3, -0.25) is 4.79 Å². The summed E-state index contributed by atoms with van der Waals surface area (Å²) in [6, 6.07) is 7.66. The van der Waals surface area contributed by atoms with Crippen LogP contribution in [0.25, 0.3) is 0 Å². The van der Waals surface area contributed by atoms with Gasteiger partial charge in [-0.2, -0.15) is 5.10 Å². The zero-order chi connectivity index (χ0) is 15.2. The Labute approximate surface area is 139 Å². The van der Waals surface area contributed by atoms with E-state index in [1.165, 1.54) is 22.8 Å². The van der Waals surface area contributed by atoms with Crippen molar-refractivity contribution < 1.29 is 4.79 Å². The van der Waals surface area contributed by atoms with E-state index < -0.39 is 0 Å². The Morgan fingerprint density at radius 2 is 2.05 bits per heavy atom. The number of halogens is 1. The first kappa shape index (κ1) is 16.3. The second-order valence-corrected chi connectivity index (χ2v) is 6.84. The molecule has 0 saturated heterocycles. The van der Waals surface area contributed by atoms with Crippen LogP contribution in [0.15, 0.2) is 29.4 Å². The summed E-state index contributed by atoms with van der Waals surface area (Å²) < 4.78 is 1.17. The van der Waals surface area contributed by atoms with E-state index in [1.54, 1.807) is 0 Å². The number of nitrogens with zero attached hydrogens (tertiary/aromatic N) is 1. The molecule has 0 heterocycles. The molecule has 21 heavy (non-hydrogen) atoms. The van der Waals surface area contributed by atoms with Crippen molar-refractivity contribution in [2.45, 2.75) is 45.6 Å². The SMILES string of the molecule is CC(Nc1ccc(I)cc1)C(=O)N/N=C1/CCCCC1C. The number of benzene rings is 1. The minimum atomic E-state index is -0.312. The van der Waals surface area contributed by atoms with E-state index in [0.717, 1.165) is 17.8 Å². The van der Waals surface area contributed by atoms with Gasteiger partial charge >= 0.3 is 0 Å². The van der Waals surface area contributed by atoms with Crippen LogP contribution in [-0.4, -0.2) is 17.7 Å². The molecule has 1 aromatic carbocycles. The number of carbonyl (C=O) groups is 1. The van der Waals surface area contributed by atoms with Crippen LogP contribution in [0.5, 0.6) is 0 Å². The molecule has 1 aromatic rings. The minimum absolute atomic E-state index is 0.0983. The Kier molecular flexibility index (Phi) is 6.02. The smallest absolute Gasteiger partial charge is 0.262 e. The van der Waals surface area contributed by atoms with E-state index in [2.05, 4.69) is 45.4 Å². The lowest BCUT2D eigenvalue weighted by molar-refractivity contribution is -0.121. The van der Waals surface area contributed by atoms with Crippen molar-refractivity contribution in [3.05, 3.63) is 27.8 Å². The Balaban J connectivity index is 1.87. The summed E-state index contributed by atoms with van der Waals surface area (Å²) in [6.07, 6.45) is 4.61. The topological polar surface area (TPSA) is 53.5 Å². The van der Waals surface area contributed by atoms with Crippen LogP contribution in [0.3, 0.4) is 0 Å². The summed E-state index contributed by atoms with van der Waals surface area (Å²) in [5, 5.41) is 7.50. The molecule has 5 heteroatoms. The molecule has 2 atom stereocenters. The zero-order valence-corrected chi connectivity index (χ0v) is 14.7. The van der Waals surface area contributed by atoms with Crippen LogP contribution in [0.2, 0.25) is 0 Å². The fraction of sp³-hybridized carbons (Fsp3) is 0.500. The summed E-state index contributed by atoms with van der Waals surface area (Å²) in [5.74, 6) is 0.386. The van der Waals surface area contributed by atoms with E-state index in [-0.39, 0.29) is 11.9 Å². The normalized spacial score (nSPS) is 21.9. The third-order valence-corrected chi connectivity index (χ3v) is 4.54. The van der Waals surface area contributed by atoms with Crippen LogP contribution in [0, 0.1) is 9.49 Å². The highest BCUT2D eigenvalue weighted by molar-refractivity contribution is 14.1. The molecule has 0 spiro atoms. The van der Waals surface area contributed by atoms with E-state index in [4.69, 9.17) is 0 Å². The van der Waals surface area contributed by atoms with Gasteiger partial charge < -0.3 is 5.32 Å². The van der Waals surface area contributed by atoms with E-state index in [0.29, 0.717) is 5.92 Å². The van der Waals surface area contributed by atoms with Crippen LogP contribution < -0.4 is 10.7 Å².